The van der Waals surface area contributed by atoms with E-state index in [9.17, 15) is 19.0 Å². The Hall–Kier alpha value is -2.29. The number of carbonyl (C=O) groups excluding carboxylic acids is 2. The third-order valence-electron chi connectivity index (χ3n) is 14.4. The van der Waals surface area contributed by atoms with E-state index in [0.717, 1.165) is 64.2 Å². The largest absolute Gasteiger partial charge is 0.472 e. The minimum absolute atomic E-state index is 0.0559. The average molecular weight is 1100 g/mol. The molecule has 0 aliphatic rings. The highest BCUT2D eigenvalue weighted by molar-refractivity contribution is 7.47. The molecule has 0 saturated heterocycles. The minimum atomic E-state index is -4.38. The number of ether oxygens (including phenoxy) is 2. The number of phosphoric acid groups is 1. The fourth-order valence-corrected chi connectivity index (χ4v) is 10.4. The quantitative estimate of drug-likeness (QED) is 0.0264. The fraction of sp³-hybridized carbons (Fsp3) is 0.821. The SMILES string of the molecule is CC/C=C\C/C=C\C/C=C\C/C=C\C/C=C\CCCCCCCCCCCCCCCCCCCCCCCCCCCC(=O)OC(COC(=O)CCCCCCCCCCCCCCCCC)COP(=O)(O)OCCN. The zero-order chi connectivity index (χ0) is 55.9. The monoisotopic (exact) mass is 1100 g/mol. The number of unbranched alkanes of at least 4 members (excludes halogenated alkanes) is 39. The van der Waals surface area contributed by atoms with E-state index >= 15 is 0 Å². The molecule has 0 aliphatic heterocycles. The van der Waals surface area contributed by atoms with Crippen LogP contribution in [0.15, 0.2) is 60.8 Å². The van der Waals surface area contributed by atoms with Crippen molar-refractivity contribution in [2.45, 2.75) is 328 Å². The summed E-state index contributed by atoms with van der Waals surface area (Å²) in [4.78, 5) is 35.2. The van der Waals surface area contributed by atoms with Crippen molar-refractivity contribution in [2.75, 3.05) is 26.4 Å². The summed E-state index contributed by atoms with van der Waals surface area (Å²) >= 11 is 0. The standard InChI is InChI=1S/C67H124NO8P/c1-3-5-7-9-11-13-15-17-19-20-21-22-23-24-25-26-27-28-29-30-31-32-33-34-35-36-37-38-39-40-41-42-43-44-46-48-50-52-54-56-58-60-67(70)76-65(64-75-77(71,72)74-62-61-68)63-73-66(69)59-57-55-53-51-49-47-45-18-16-14-12-10-8-6-4-2/h5,7,11,13,17,19,21-22,24-25,65H,3-4,6,8-10,12,14-16,18,20,23,26-64,68H2,1-2H3,(H,71,72)/b7-5-,13-11-,19-17-,22-21-,25-24-. The van der Waals surface area contributed by atoms with E-state index in [1.54, 1.807) is 0 Å². The maximum absolute atomic E-state index is 12.7. The van der Waals surface area contributed by atoms with Crippen LogP contribution in [0, 0.1) is 0 Å². The second-order valence-corrected chi connectivity index (χ2v) is 23.4. The van der Waals surface area contributed by atoms with Crippen LogP contribution in [0.1, 0.15) is 322 Å². The van der Waals surface area contributed by atoms with Crippen LogP contribution in [0.25, 0.3) is 0 Å². The summed E-state index contributed by atoms with van der Waals surface area (Å²) in [5.74, 6) is -0.809. The second kappa shape index (κ2) is 62.9. The van der Waals surface area contributed by atoms with Gasteiger partial charge in [-0.3, -0.25) is 18.6 Å². The summed E-state index contributed by atoms with van der Waals surface area (Å²) in [6, 6.07) is 0. The summed E-state index contributed by atoms with van der Waals surface area (Å²) in [6.45, 7) is 3.68. The molecule has 0 aromatic heterocycles. The minimum Gasteiger partial charge on any atom is -0.462 e. The first kappa shape index (κ1) is 74.7. The maximum atomic E-state index is 12.7. The first-order chi connectivity index (χ1) is 37.8. The number of rotatable bonds is 62. The van der Waals surface area contributed by atoms with Crippen LogP contribution < -0.4 is 5.73 Å². The van der Waals surface area contributed by atoms with Crippen molar-refractivity contribution in [3.63, 3.8) is 0 Å². The molecule has 0 bridgehead atoms. The van der Waals surface area contributed by atoms with Gasteiger partial charge >= 0.3 is 19.8 Å². The van der Waals surface area contributed by atoms with E-state index in [1.165, 1.54) is 225 Å². The van der Waals surface area contributed by atoms with Gasteiger partial charge in [0, 0.05) is 19.4 Å². The number of hydrogen-bond acceptors (Lipinski definition) is 8. The predicted octanol–water partition coefficient (Wildman–Crippen LogP) is 21.1. The lowest BCUT2D eigenvalue weighted by Crippen LogP contribution is -2.29. The molecule has 77 heavy (non-hydrogen) atoms. The molecular weight excluding hydrogens is 978 g/mol. The number of allylic oxidation sites excluding steroid dienone is 10. The van der Waals surface area contributed by atoms with Gasteiger partial charge < -0.3 is 20.1 Å². The Morgan fingerprint density at radius 2 is 0.714 bits per heavy atom. The Morgan fingerprint density at radius 1 is 0.403 bits per heavy atom. The van der Waals surface area contributed by atoms with E-state index in [-0.39, 0.29) is 38.6 Å². The van der Waals surface area contributed by atoms with Gasteiger partial charge in [0.05, 0.1) is 13.2 Å². The Balaban J connectivity index is 3.74. The highest BCUT2D eigenvalue weighted by Crippen LogP contribution is 2.43. The highest BCUT2D eigenvalue weighted by Gasteiger charge is 2.26. The van der Waals surface area contributed by atoms with Gasteiger partial charge in [-0.15, -0.1) is 0 Å². The van der Waals surface area contributed by atoms with Crippen molar-refractivity contribution in [2.24, 2.45) is 5.73 Å². The lowest BCUT2D eigenvalue weighted by Gasteiger charge is -2.19. The Labute approximate surface area is 476 Å². The summed E-state index contributed by atoms with van der Waals surface area (Å²) in [5.41, 5.74) is 5.39. The van der Waals surface area contributed by atoms with Gasteiger partial charge in [0.1, 0.15) is 6.61 Å². The van der Waals surface area contributed by atoms with Gasteiger partial charge in [0.2, 0.25) is 0 Å². The molecule has 0 fully saturated rings. The van der Waals surface area contributed by atoms with Crippen molar-refractivity contribution in [3.8, 4) is 0 Å². The number of phosphoric ester groups is 1. The van der Waals surface area contributed by atoms with Gasteiger partial charge in [-0.2, -0.15) is 0 Å². The van der Waals surface area contributed by atoms with Gasteiger partial charge in [-0.05, 0) is 57.8 Å². The average Bonchev–Trinajstić information content (AvgIpc) is 3.42. The van der Waals surface area contributed by atoms with Crippen LogP contribution in [0.4, 0.5) is 0 Å². The zero-order valence-corrected chi connectivity index (χ0v) is 51.3. The van der Waals surface area contributed by atoms with Gasteiger partial charge in [-0.1, -0.05) is 312 Å². The normalized spacial score (nSPS) is 13.4. The molecule has 0 rings (SSSR count). The zero-order valence-electron chi connectivity index (χ0n) is 50.4. The highest BCUT2D eigenvalue weighted by atomic mass is 31.2. The predicted molar refractivity (Wildman–Crippen MR) is 330 cm³/mol. The molecule has 0 spiro atoms. The van der Waals surface area contributed by atoms with Gasteiger partial charge in [0.25, 0.3) is 0 Å². The van der Waals surface area contributed by atoms with Crippen molar-refractivity contribution < 1.29 is 37.6 Å². The Kier molecular flexibility index (Phi) is 61.0. The molecule has 0 amide bonds. The fourth-order valence-electron chi connectivity index (χ4n) is 9.61. The van der Waals surface area contributed by atoms with E-state index < -0.39 is 26.5 Å². The van der Waals surface area contributed by atoms with E-state index in [1.807, 2.05) is 0 Å². The molecule has 10 heteroatoms. The molecule has 0 aliphatic carbocycles. The molecule has 0 aromatic carbocycles. The van der Waals surface area contributed by atoms with Crippen LogP contribution in [0.2, 0.25) is 0 Å². The Morgan fingerprint density at radius 3 is 1.06 bits per heavy atom. The first-order valence-electron chi connectivity index (χ1n) is 32.8. The lowest BCUT2D eigenvalue weighted by atomic mass is 10.0. The third kappa shape index (κ3) is 62.8. The van der Waals surface area contributed by atoms with Gasteiger partial charge in [0.15, 0.2) is 6.10 Å². The third-order valence-corrected chi connectivity index (χ3v) is 15.4. The molecule has 2 unspecified atom stereocenters. The van der Waals surface area contributed by atoms with Crippen LogP contribution in [-0.4, -0.2) is 49.3 Å². The molecule has 0 saturated carbocycles. The van der Waals surface area contributed by atoms with Crippen LogP contribution in [0.3, 0.4) is 0 Å². The summed E-state index contributed by atoms with van der Waals surface area (Å²) in [7, 11) is -4.38. The van der Waals surface area contributed by atoms with Crippen LogP contribution in [-0.2, 0) is 32.7 Å². The molecule has 0 heterocycles. The number of hydrogen-bond donors (Lipinski definition) is 2. The lowest BCUT2D eigenvalue weighted by molar-refractivity contribution is -0.161. The molecule has 9 nitrogen and oxygen atoms in total. The molecule has 0 aromatic rings. The van der Waals surface area contributed by atoms with Crippen molar-refractivity contribution in [3.05, 3.63) is 60.8 Å². The molecule has 450 valence electrons. The number of nitrogens with two attached hydrogens (primary N) is 1. The summed E-state index contributed by atoms with van der Waals surface area (Å²) in [5, 5.41) is 0. The van der Waals surface area contributed by atoms with Gasteiger partial charge in [-0.25, -0.2) is 4.57 Å². The van der Waals surface area contributed by atoms with Crippen molar-refractivity contribution >= 4 is 19.8 Å². The number of esters is 2. The topological polar surface area (TPSA) is 134 Å². The molecular formula is C67H124NO8P. The van der Waals surface area contributed by atoms with Crippen LogP contribution in [0.5, 0.6) is 0 Å². The second-order valence-electron chi connectivity index (χ2n) is 22.0. The molecule has 3 N–H and O–H groups in total. The maximum Gasteiger partial charge on any atom is 0.472 e. The van der Waals surface area contributed by atoms with Crippen LogP contribution >= 0.6 is 7.82 Å². The molecule has 0 radical (unpaired) electrons. The first-order valence-corrected chi connectivity index (χ1v) is 34.3. The number of carbonyl (C=O) groups is 2. The molecule has 2 atom stereocenters. The van der Waals surface area contributed by atoms with E-state index in [4.69, 9.17) is 24.3 Å². The summed E-state index contributed by atoms with van der Waals surface area (Å²) < 4.78 is 33.1. The Bertz CT molecular complexity index is 1440. The van der Waals surface area contributed by atoms with Crippen molar-refractivity contribution in [1.29, 1.82) is 0 Å². The smallest absolute Gasteiger partial charge is 0.462 e. The summed E-state index contributed by atoms with van der Waals surface area (Å²) in [6.07, 6.45) is 80.4. The van der Waals surface area contributed by atoms with E-state index in [0.29, 0.717) is 6.42 Å². The van der Waals surface area contributed by atoms with Crippen molar-refractivity contribution in [1.82, 2.24) is 0 Å². The van der Waals surface area contributed by atoms with E-state index in [2.05, 4.69) is 74.6 Å².